The minimum Gasteiger partial charge on any atom is -0.295 e. The third-order valence-corrected chi connectivity index (χ3v) is 6.77. The first-order valence-corrected chi connectivity index (χ1v) is 11.3. The third kappa shape index (κ3) is 5.17. The summed E-state index contributed by atoms with van der Waals surface area (Å²) in [6, 6.07) is 31.6. The van der Waals surface area contributed by atoms with E-state index in [2.05, 4.69) is 71.6 Å². The second kappa shape index (κ2) is 9.91. The zero-order chi connectivity index (χ0) is 19.9. The van der Waals surface area contributed by atoms with Gasteiger partial charge in [0, 0.05) is 24.3 Å². The van der Waals surface area contributed by atoms with Gasteiger partial charge in [0.1, 0.15) is 0 Å². The molecule has 1 aliphatic rings. The lowest BCUT2D eigenvalue weighted by Crippen LogP contribution is -2.29. The molecule has 3 heteroatoms. The predicted octanol–water partition coefficient (Wildman–Crippen LogP) is 5.75. The molecule has 1 saturated heterocycles. The number of carbonyl (C=O) groups is 1. The van der Waals surface area contributed by atoms with Crippen molar-refractivity contribution in [1.82, 2.24) is 4.90 Å². The molecule has 29 heavy (non-hydrogen) atoms. The summed E-state index contributed by atoms with van der Waals surface area (Å²) in [5.74, 6) is 0.809. The SMILES string of the molecule is O=C(SCc1ccccc1)[C@@H]1CCN(CCc2ccccc2)[C@@H]1c1ccccc1. The van der Waals surface area contributed by atoms with Crippen molar-refractivity contribution in [2.75, 3.05) is 13.1 Å². The molecular weight excluding hydrogens is 374 g/mol. The van der Waals surface area contributed by atoms with Gasteiger partial charge in [-0.15, -0.1) is 0 Å². The average molecular weight is 402 g/mol. The van der Waals surface area contributed by atoms with E-state index in [0.29, 0.717) is 5.12 Å². The first kappa shape index (κ1) is 19.9. The van der Waals surface area contributed by atoms with Crippen LogP contribution in [-0.4, -0.2) is 23.1 Å². The van der Waals surface area contributed by atoms with E-state index in [1.54, 1.807) is 0 Å². The summed E-state index contributed by atoms with van der Waals surface area (Å²) < 4.78 is 0. The van der Waals surface area contributed by atoms with Gasteiger partial charge in [-0.3, -0.25) is 9.69 Å². The summed E-state index contributed by atoms with van der Waals surface area (Å²) in [6.45, 7) is 1.96. The molecule has 1 fully saturated rings. The zero-order valence-corrected chi connectivity index (χ0v) is 17.4. The molecule has 0 spiro atoms. The van der Waals surface area contributed by atoms with Crippen LogP contribution in [0.2, 0.25) is 0 Å². The second-order valence-electron chi connectivity index (χ2n) is 7.62. The second-order valence-corrected chi connectivity index (χ2v) is 8.60. The monoisotopic (exact) mass is 401 g/mol. The van der Waals surface area contributed by atoms with Crippen molar-refractivity contribution in [1.29, 1.82) is 0 Å². The van der Waals surface area contributed by atoms with Gasteiger partial charge >= 0.3 is 0 Å². The smallest absolute Gasteiger partial charge is 0.194 e. The van der Waals surface area contributed by atoms with E-state index in [1.165, 1.54) is 28.5 Å². The lowest BCUT2D eigenvalue weighted by atomic mass is 9.94. The fraction of sp³-hybridized carbons (Fsp3) is 0.269. The van der Waals surface area contributed by atoms with Gasteiger partial charge in [-0.25, -0.2) is 0 Å². The topological polar surface area (TPSA) is 20.3 Å². The van der Waals surface area contributed by atoms with Gasteiger partial charge in [0.15, 0.2) is 5.12 Å². The molecule has 0 unspecified atom stereocenters. The number of hydrogen-bond acceptors (Lipinski definition) is 3. The molecule has 3 aromatic carbocycles. The fourth-order valence-corrected chi connectivity index (χ4v) is 5.16. The van der Waals surface area contributed by atoms with Gasteiger partial charge < -0.3 is 0 Å². The number of benzene rings is 3. The van der Waals surface area contributed by atoms with Gasteiger partial charge in [-0.2, -0.15) is 0 Å². The normalized spacial score (nSPS) is 19.3. The zero-order valence-electron chi connectivity index (χ0n) is 16.6. The van der Waals surface area contributed by atoms with Crippen molar-refractivity contribution >= 4 is 16.9 Å². The molecule has 1 aliphatic heterocycles. The van der Waals surface area contributed by atoms with Crippen LogP contribution in [0, 0.1) is 5.92 Å². The van der Waals surface area contributed by atoms with E-state index in [-0.39, 0.29) is 12.0 Å². The van der Waals surface area contributed by atoms with Crippen LogP contribution in [0.15, 0.2) is 91.0 Å². The Bertz CT molecular complexity index is 898. The van der Waals surface area contributed by atoms with E-state index in [0.717, 1.165) is 31.7 Å². The van der Waals surface area contributed by atoms with Crippen molar-refractivity contribution in [3.05, 3.63) is 108 Å². The Morgan fingerprint density at radius 2 is 1.41 bits per heavy atom. The molecular formula is C26H27NOS. The van der Waals surface area contributed by atoms with Gasteiger partial charge in [-0.05, 0) is 36.1 Å². The first-order chi connectivity index (χ1) is 14.3. The lowest BCUT2D eigenvalue weighted by molar-refractivity contribution is -0.115. The summed E-state index contributed by atoms with van der Waals surface area (Å²) >= 11 is 1.48. The number of likely N-dealkylation sites (tertiary alicyclic amines) is 1. The van der Waals surface area contributed by atoms with Crippen molar-refractivity contribution in [2.24, 2.45) is 5.92 Å². The third-order valence-electron chi connectivity index (χ3n) is 5.70. The van der Waals surface area contributed by atoms with Gasteiger partial charge in [0.25, 0.3) is 0 Å². The highest BCUT2D eigenvalue weighted by Crippen LogP contribution is 2.40. The number of rotatable bonds is 7. The summed E-state index contributed by atoms with van der Waals surface area (Å²) in [7, 11) is 0. The van der Waals surface area contributed by atoms with Gasteiger partial charge in [0.2, 0.25) is 0 Å². The van der Waals surface area contributed by atoms with E-state index >= 15 is 0 Å². The van der Waals surface area contributed by atoms with E-state index in [4.69, 9.17) is 0 Å². The molecule has 4 rings (SSSR count). The number of nitrogens with zero attached hydrogens (tertiary/aromatic N) is 1. The molecule has 2 atom stereocenters. The highest BCUT2D eigenvalue weighted by molar-refractivity contribution is 8.13. The van der Waals surface area contributed by atoms with Crippen LogP contribution < -0.4 is 0 Å². The van der Waals surface area contributed by atoms with Gasteiger partial charge in [-0.1, -0.05) is 103 Å². The maximum Gasteiger partial charge on any atom is 0.194 e. The molecule has 148 valence electrons. The van der Waals surface area contributed by atoms with Crippen LogP contribution in [0.1, 0.15) is 29.2 Å². The predicted molar refractivity (Wildman–Crippen MR) is 122 cm³/mol. The van der Waals surface area contributed by atoms with Crippen LogP contribution in [-0.2, 0) is 17.0 Å². The number of hydrogen-bond donors (Lipinski definition) is 0. The summed E-state index contributed by atoms with van der Waals surface area (Å²) in [6.07, 6.45) is 1.96. The van der Waals surface area contributed by atoms with E-state index in [9.17, 15) is 4.79 Å². The van der Waals surface area contributed by atoms with Crippen LogP contribution in [0.25, 0.3) is 0 Å². The number of thioether (sulfide) groups is 1. The first-order valence-electron chi connectivity index (χ1n) is 10.3. The molecule has 0 N–H and O–H groups in total. The Labute approximate surface area is 178 Å². The summed E-state index contributed by atoms with van der Waals surface area (Å²) in [5.41, 5.74) is 3.82. The highest BCUT2D eigenvalue weighted by atomic mass is 32.2. The summed E-state index contributed by atoms with van der Waals surface area (Å²) in [5, 5.41) is 0.324. The number of carbonyl (C=O) groups excluding carboxylic acids is 1. The molecule has 0 amide bonds. The minimum atomic E-state index is 0.0573. The molecule has 0 radical (unpaired) electrons. The molecule has 1 heterocycles. The van der Waals surface area contributed by atoms with Crippen LogP contribution >= 0.6 is 11.8 Å². The molecule has 2 nitrogen and oxygen atoms in total. The maximum atomic E-state index is 13.2. The molecule has 0 saturated carbocycles. The average Bonchev–Trinajstić information content (AvgIpc) is 3.22. The van der Waals surface area contributed by atoms with Crippen molar-refractivity contribution < 1.29 is 4.79 Å². The molecule has 0 bridgehead atoms. The lowest BCUT2D eigenvalue weighted by Gasteiger charge is -2.28. The maximum absolute atomic E-state index is 13.2. The Hall–Kier alpha value is -2.36. The Kier molecular flexibility index (Phi) is 6.81. The molecule has 3 aromatic rings. The van der Waals surface area contributed by atoms with Crippen LogP contribution in [0.4, 0.5) is 0 Å². The largest absolute Gasteiger partial charge is 0.295 e. The molecule has 0 aliphatic carbocycles. The fourth-order valence-electron chi connectivity index (χ4n) is 4.20. The Balaban J connectivity index is 1.46. The Morgan fingerprint density at radius 1 is 0.828 bits per heavy atom. The van der Waals surface area contributed by atoms with Gasteiger partial charge in [0.05, 0.1) is 0 Å². The van der Waals surface area contributed by atoms with E-state index in [1.807, 2.05) is 24.3 Å². The van der Waals surface area contributed by atoms with Crippen molar-refractivity contribution in [3.63, 3.8) is 0 Å². The minimum absolute atomic E-state index is 0.0573. The molecule has 0 aromatic heterocycles. The van der Waals surface area contributed by atoms with Crippen molar-refractivity contribution in [2.45, 2.75) is 24.6 Å². The summed E-state index contributed by atoms with van der Waals surface area (Å²) in [4.78, 5) is 15.7. The van der Waals surface area contributed by atoms with Crippen LogP contribution in [0.5, 0.6) is 0 Å². The highest BCUT2D eigenvalue weighted by Gasteiger charge is 2.39. The Morgan fingerprint density at radius 3 is 2.07 bits per heavy atom. The van der Waals surface area contributed by atoms with Crippen LogP contribution in [0.3, 0.4) is 0 Å². The quantitative estimate of drug-likeness (QED) is 0.503. The van der Waals surface area contributed by atoms with E-state index < -0.39 is 0 Å². The van der Waals surface area contributed by atoms with Crippen molar-refractivity contribution in [3.8, 4) is 0 Å². The standard InChI is InChI=1S/C26H27NOS/c28-26(29-20-22-12-6-2-7-13-22)24-17-19-27(18-16-21-10-4-1-5-11-21)25(24)23-14-8-3-9-15-23/h1-15,24-25H,16-20H2/t24-,25-/m1/s1.